The van der Waals surface area contributed by atoms with Crippen molar-refractivity contribution < 1.29 is 28.7 Å². The summed E-state index contributed by atoms with van der Waals surface area (Å²) in [4.78, 5) is 56.7. The summed E-state index contributed by atoms with van der Waals surface area (Å²) in [6, 6.07) is 14.5. The number of allylic oxidation sites excluding steroid dienone is 1. The van der Waals surface area contributed by atoms with E-state index in [0.717, 1.165) is 5.56 Å². The van der Waals surface area contributed by atoms with Gasteiger partial charge in [-0.3, -0.25) is 9.59 Å². The molecule has 1 N–H and O–H groups in total. The Morgan fingerprint density at radius 3 is 2.22 bits per heavy atom. The van der Waals surface area contributed by atoms with Gasteiger partial charge in [0.05, 0.1) is 30.9 Å². The zero-order valence-electron chi connectivity index (χ0n) is 21.4. The molecule has 2 aromatic rings. The summed E-state index contributed by atoms with van der Waals surface area (Å²) < 4.78 is 10.3. The Morgan fingerprint density at radius 2 is 1.57 bits per heavy atom. The molecule has 5 rings (SSSR count). The van der Waals surface area contributed by atoms with Crippen molar-refractivity contribution in [2.24, 2.45) is 5.41 Å². The zero-order chi connectivity index (χ0) is 26.7. The van der Waals surface area contributed by atoms with Gasteiger partial charge in [-0.2, -0.15) is 0 Å². The van der Waals surface area contributed by atoms with Gasteiger partial charge >= 0.3 is 11.9 Å². The lowest BCUT2D eigenvalue weighted by Gasteiger charge is -2.50. The van der Waals surface area contributed by atoms with Gasteiger partial charge in [0.1, 0.15) is 0 Å². The summed E-state index contributed by atoms with van der Waals surface area (Å²) in [6.45, 7) is 5.88. The maximum Gasteiger partial charge on any atom is 0.339 e. The van der Waals surface area contributed by atoms with Crippen molar-refractivity contribution in [1.82, 2.24) is 0 Å². The second-order valence-corrected chi connectivity index (χ2v) is 10.4. The number of carbonyl (C=O) groups is 4. The van der Waals surface area contributed by atoms with E-state index in [-0.39, 0.29) is 28.9 Å². The van der Waals surface area contributed by atoms with Crippen molar-refractivity contribution in [2.75, 3.05) is 24.4 Å². The Morgan fingerprint density at radius 1 is 0.919 bits per heavy atom. The molecule has 0 radical (unpaired) electrons. The Labute approximate surface area is 214 Å². The number of amides is 1. The van der Waals surface area contributed by atoms with Crippen LogP contribution in [0, 0.1) is 12.3 Å². The van der Waals surface area contributed by atoms with E-state index < -0.39 is 28.8 Å². The number of methoxy groups -OCH3 is 2. The Bertz CT molecular complexity index is 1430. The lowest BCUT2D eigenvalue weighted by Crippen LogP contribution is -2.58. The van der Waals surface area contributed by atoms with E-state index >= 15 is 0 Å². The van der Waals surface area contributed by atoms with E-state index in [1.54, 1.807) is 29.2 Å². The smallest absolute Gasteiger partial charge is 0.339 e. The maximum absolute atomic E-state index is 14.2. The first-order chi connectivity index (χ1) is 17.6. The van der Waals surface area contributed by atoms with Gasteiger partial charge in [0.25, 0.3) is 5.91 Å². The number of Topliss-reactive ketones (excluding diaryl/α,β-unsaturated/α-hetero) is 1. The number of ketones is 1. The SMILES string of the molecule is COC(=O)C1=C(C(=O)OC)C2(C(=O)Nc3ccccc32)N(c2ccc(C)cc2)C2=C1C(=O)CC(C)(C)C2. The van der Waals surface area contributed by atoms with E-state index in [0.29, 0.717) is 29.1 Å². The standard InChI is InChI=1S/C29H28N2O6/c1-16-10-12-17(13-11-16)31-20-14-28(2,3)15-21(32)22(20)23(25(33)36-4)24(26(34)37-5)29(31)18-8-6-7-9-19(18)30-27(29)35/h6-13H,14-15H2,1-5H3,(H,30,35). The van der Waals surface area contributed by atoms with Crippen molar-refractivity contribution in [1.29, 1.82) is 0 Å². The molecule has 1 atom stereocenters. The first-order valence-corrected chi connectivity index (χ1v) is 12.0. The summed E-state index contributed by atoms with van der Waals surface area (Å²) in [5.74, 6) is -2.60. The number of ether oxygens (including phenoxy) is 2. The molecule has 0 fully saturated rings. The summed E-state index contributed by atoms with van der Waals surface area (Å²) >= 11 is 0. The molecule has 0 aromatic heterocycles. The predicted octanol–water partition coefficient (Wildman–Crippen LogP) is 3.95. The minimum atomic E-state index is -1.81. The molecule has 1 amide bonds. The second kappa shape index (κ2) is 8.44. The first-order valence-electron chi connectivity index (χ1n) is 12.0. The van der Waals surface area contributed by atoms with Gasteiger partial charge in [0.15, 0.2) is 11.3 Å². The lowest BCUT2D eigenvalue weighted by molar-refractivity contribution is -0.141. The fourth-order valence-corrected chi connectivity index (χ4v) is 5.80. The molecule has 1 unspecified atom stereocenters. The Kier molecular flexibility index (Phi) is 5.58. The van der Waals surface area contributed by atoms with Crippen molar-refractivity contribution >= 4 is 35.0 Å². The highest BCUT2D eigenvalue weighted by molar-refractivity contribution is 6.24. The number of nitrogens with one attached hydrogen (secondary N) is 1. The van der Waals surface area contributed by atoms with Gasteiger partial charge in [-0.05, 0) is 37.0 Å². The van der Waals surface area contributed by atoms with Crippen molar-refractivity contribution in [3.8, 4) is 0 Å². The number of aryl methyl sites for hydroxylation is 1. The number of rotatable bonds is 3. The molecule has 37 heavy (non-hydrogen) atoms. The lowest BCUT2D eigenvalue weighted by atomic mass is 9.66. The van der Waals surface area contributed by atoms with Crippen LogP contribution in [0.2, 0.25) is 0 Å². The fraction of sp³-hybridized carbons (Fsp3) is 0.310. The number of esters is 2. The summed E-state index contributed by atoms with van der Waals surface area (Å²) in [7, 11) is 2.37. The van der Waals surface area contributed by atoms with Crippen LogP contribution in [0.1, 0.15) is 37.8 Å². The predicted molar refractivity (Wildman–Crippen MR) is 137 cm³/mol. The molecular weight excluding hydrogens is 472 g/mol. The van der Waals surface area contributed by atoms with Gasteiger partial charge < -0.3 is 19.7 Å². The number of anilines is 2. The van der Waals surface area contributed by atoms with Crippen LogP contribution in [0.15, 0.2) is 70.9 Å². The molecule has 1 spiro atoms. The second-order valence-electron chi connectivity index (χ2n) is 10.4. The van der Waals surface area contributed by atoms with Crippen LogP contribution < -0.4 is 10.2 Å². The van der Waals surface area contributed by atoms with Crippen molar-refractivity contribution in [3.05, 3.63) is 82.1 Å². The van der Waals surface area contributed by atoms with Crippen LogP contribution in [-0.2, 0) is 34.2 Å². The summed E-state index contributed by atoms with van der Waals surface area (Å²) in [5, 5.41) is 2.90. The molecule has 0 bridgehead atoms. The topological polar surface area (TPSA) is 102 Å². The summed E-state index contributed by atoms with van der Waals surface area (Å²) in [6.07, 6.45) is 0.548. The molecule has 2 heterocycles. The van der Waals surface area contributed by atoms with Crippen molar-refractivity contribution in [3.63, 3.8) is 0 Å². The van der Waals surface area contributed by atoms with Crippen LogP contribution in [-0.4, -0.2) is 37.8 Å². The van der Waals surface area contributed by atoms with Crippen LogP contribution >= 0.6 is 0 Å². The van der Waals surface area contributed by atoms with Gasteiger partial charge in [0.2, 0.25) is 0 Å². The monoisotopic (exact) mass is 500 g/mol. The maximum atomic E-state index is 14.2. The Hall–Kier alpha value is -4.20. The number of carbonyl (C=O) groups excluding carboxylic acids is 4. The van der Waals surface area contributed by atoms with Crippen LogP contribution in [0.25, 0.3) is 0 Å². The van der Waals surface area contributed by atoms with E-state index in [1.165, 1.54) is 14.2 Å². The van der Waals surface area contributed by atoms with E-state index in [9.17, 15) is 19.2 Å². The van der Waals surface area contributed by atoms with Crippen LogP contribution in [0.5, 0.6) is 0 Å². The number of para-hydroxylation sites is 1. The van der Waals surface area contributed by atoms with Gasteiger partial charge in [-0.1, -0.05) is 49.7 Å². The normalized spacial score (nSPS) is 22.0. The first kappa shape index (κ1) is 24.5. The number of hydrogen-bond donors (Lipinski definition) is 1. The van der Waals surface area contributed by atoms with Crippen LogP contribution in [0.4, 0.5) is 11.4 Å². The zero-order valence-corrected chi connectivity index (χ0v) is 21.4. The van der Waals surface area contributed by atoms with Crippen molar-refractivity contribution in [2.45, 2.75) is 39.2 Å². The molecule has 1 aliphatic carbocycles. The molecule has 2 aliphatic heterocycles. The highest BCUT2D eigenvalue weighted by Gasteiger charge is 2.63. The van der Waals surface area contributed by atoms with E-state index in [2.05, 4.69) is 5.32 Å². The third-order valence-corrected chi connectivity index (χ3v) is 7.28. The number of benzene rings is 2. The quantitative estimate of drug-likeness (QED) is 0.637. The molecule has 0 saturated heterocycles. The average molecular weight is 501 g/mol. The third kappa shape index (κ3) is 3.43. The molecule has 2 aromatic carbocycles. The molecular formula is C29H28N2O6. The molecule has 190 valence electrons. The van der Waals surface area contributed by atoms with Gasteiger partial charge in [-0.25, -0.2) is 9.59 Å². The molecule has 0 saturated carbocycles. The summed E-state index contributed by atoms with van der Waals surface area (Å²) in [5.41, 5.74) is 0.426. The van der Waals surface area contributed by atoms with Gasteiger partial charge in [-0.15, -0.1) is 0 Å². The number of nitrogens with zero attached hydrogens (tertiary/aromatic N) is 1. The third-order valence-electron chi connectivity index (χ3n) is 7.28. The molecule has 3 aliphatic rings. The number of fused-ring (bicyclic) bond motifs is 2. The minimum absolute atomic E-state index is 0.0926. The van der Waals surface area contributed by atoms with E-state index in [1.807, 2.05) is 45.0 Å². The largest absolute Gasteiger partial charge is 0.466 e. The average Bonchev–Trinajstić information content (AvgIpc) is 3.14. The number of hydrogen-bond acceptors (Lipinski definition) is 7. The molecule has 8 nitrogen and oxygen atoms in total. The highest BCUT2D eigenvalue weighted by atomic mass is 16.5. The van der Waals surface area contributed by atoms with Crippen LogP contribution in [0.3, 0.4) is 0 Å². The fourth-order valence-electron chi connectivity index (χ4n) is 5.80. The van der Waals surface area contributed by atoms with Gasteiger partial charge in [0, 0.05) is 29.1 Å². The minimum Gasteiger partial charge on any atom is -0.466 e. The molecule has 8 heteroatoms. The Balaban J connectivity index is 2.01. The highest BCUT2D eigenvalue weighted by Crippen LogP contribution is 2.57. The van der Waals surface area contributed by atoms with E-state index in [4.69, 9.17) is 9.47 Å².